The summed E-state index contributed by atoms with van der Waals surface area (Å²) in [6.07, 6.45) is 0.739. The third-order valence-electron chi connectivity index (χ3n) is 2.30. The Bertz CT molecular complexity index is 548. The minimum Gasteiger partial charge on any atom is -0.496 e. The normalized spacial score (nSPS) is 10.7. The molecular weight excluding hydrogens is 348 g/mol. The van der Waals surface area contributed by atoms with Crippen LogP contribution in [0, 0.1) is 0 Å². The quantitative estimate of drug-likeness (QED) is 0.786. The van der Waals surface area contributed by atoms with Crippen LogP contribution in [-0.2, 0) is 11.2 Å². The van der Waals surface area contributed by atoms with Crippen molar-refractivity contribution in [1.29, 1.82) is 0 Å². The average molecular weight is 361 g/mol. The van der Waals surface area contributed by atoms with E-state index in [0.717, 1.165) is 31.7 Å². The summed E-state index contributed by atoms with van der Waals surface area (Å²) in [7, 11) is 3.34. The molecule has 19 heavy (non-hydrogen) atoms. The molecule has 0 saturated heterocycles. The second kappa shape index (κ2) is 7.23. The molecule has 102 valence electrons. The maximum atomic E-state index is 5.34. The van der Waals surface area contributed by atoms with Crippen molar-refractivity contribution in [3.05, 3.63) is 28.5 Å². The van der Waals surface area contributed by atoms with Gasteiger partial charge in [-0.2, -0.15) is 4.37 Å². The second-order valence-electron chi connectivity index (χ2n) is 3.62. The van der Waals surface area contributed by atoms with Crippen LogP contribution in [0.1, 0.15) is 5.82 Å². The number of aromatic nitrogens is 2. The van der Waals surface area contributed by atoms with Crippen LogP contribution in [0.25, 0.3) is 0 Å². The minimum absolute atomic E-state index is 0.640. The monoisotopic (exact) mass is 360 g/mol. The lowest BCUT2D eigenvalue weighted by Crippen LogP contribution is -1.95. The van der Waals surface area contributed by atoms with Crippen LogP contribution in [0.5, 0.6) is 5.75 Å². The van der Waals surface area contributed by atoms with Crippen LogP contribution < -0.4 is 4.74 Å². The van der Waals surface area contributed by atoms with Crippen molar-refractivity contribution in [2.45, 2.75) is 15.7 Å². The maximum absolute atomic E-state index is 5.34. The lowest BCUT2D eigenvalue weighted by Gasteiger charge is -2.06. The molecule has 0 unspecified atom stereocenters. The first-order valence-electron chi connectivity index (χ1n) is 5.56. The molecule has 0 saturated carbocycles. The Kier molecular flexibility index (Phi) is 5.62. The van der Waals surface area contributed by atoms with Crippen molar-refractivity contribution in [3.63, 3.8) is 0 Å². The molecule has 0 aliphatic carbocycles. The smallest absolute Gasteiger partial charge is 0.175 e. The zero-order chi connectivity index (χ0) is 13.7. The van der Waals surface area contributed by atoms with Gasteiger partial charge in [0.25, 0.3) is 0 Å². The minimum atomic E-state index is 0.640. The Balaban J connectivity index is 2.12. The third kappa shape index (κ3) is 4.17. The molecule has 2 rings (SSSR count). The first-order chi connectivity index (χ1) is 9.22. The van der Waals surface area contributed by atoms with Gasteiger partial charge in [-0.3, -0.25) is 0 Å². The molecule has 1 aromatic carbocycles. The third-order valence-corrected chi connectivity index (χ3v) is 4.62. The Morgan fingerprint density at radius 1 is 1.37 bits per heavy atom. The summed E-state index contributed by atoms with van der Waals surface area (Å²) in [6, 6.07) is 5.89. The van der Waals surface area contributed by atoms with Gasteiger partial charge in [-0.25, -0.2) is 4.98 Å². The molecule has 0 bridgehead atoms. The van der Waals surface area contributed by atoms with Crippen LogP contribution in [0.4, 0.5) is 0 Å². The van der Waals surface area contributed by atoms with Crippen molar-refractivity contribution in [2.75, 3.05) is 20.8 Å². The van der Waals surface area contributed by atoms with E-state index in [0.29, 0.717) is 6.61 Å². The first kappa shape index (κ1) is 14.8. The van der Waals surface area contributed by atoms with Gasteiger partial charge in [0.2, 0.25) is 0 Å². The Morgan fingerprint density at radius 2 is 2.21 bits per heavy atom. The van der Waals surface area contributed by atoms with Gasteiger partial charge in [-0.1, -0.05) is 27.7 Å². The van der Waals surface area contributed by atoms with Crippen LogP contribution in [0.3, 0.4) is 0 Å². The highest BCUT2D eigenvalue weighted by molar-refractivity contribution is 9.10. The molecule has 2 aromatic rings. The maximum Gasteiger partial charge on any atom is 0.175 e. The number of hydrogen-bond acceptors (Lipinski definition) is 6. The van der Waals surface area contributed by atoms with Gasteiger partial charge in [0, 0.05) is 18.0 Å². The van der Waals surface area contributed by atoms with Crippen molar-refractivity contribution >= 4 is 39.2 Å². The highest BCUT2D eigenvalue weighted by Gasteiger charge is 2.10. The summed E-state index contributed by atoms with van der Waals surface area (Å²) in [5.74, 6) is 1.66. The zero-order valence-electron chi connectivity index (χ0n) is 10.6. The van der Waals surface area contributed by atoms with Gasteiger partial charge < -0.3 is 9.47 Å². The SMILES string of the molecule is COCCc1nsc(Sc2cc(Br)ccc2OC)n1. The van der Waals surface area contributed by atoms with E-state index in [2.05, 4.69) is 25.3 Å². The van der Waals surface area contributed by atoms with Crippen molar-refractivity contribution < 1.29 is 9.47 Å². The molecule has 0 amide bonds. The number of methoxy groups -OCH3 is 2. The summed E-state index contributed by atoms with van der Waals surface area (Å²) in [6.45, 7) is 0.640. The molecule has 0 fully saturated rings. The van der Waals surface area contributed by atoms with Gasteiger partial charge in [-0.15, -0.1) is 0 Å². The van der Waals surface area contributed by atoms with E-state index in [1.165, 1.54) is 11.5 Å². The summed E-state index contributed by atoms with van der Waals surface area (Å²) >= 11 is 6.41. The average Bonchev–Trinajstić information content (AvgIpc) is 2.84. The summed E-state index contributed by atoms with van der Waals surface area (Å²) in [4.78, 5) is 5.49. The van der Waals surface area contributed by atoms with Gasteiger partial charge >= 0.3 is 0 Å². The molecule has 0 N–H and O–H groups in total. The summed E-state index contributed by atoms with van der Waals surface area (Å²) < 4.78 is 16.6. The number of ether oxygens (including phenoxy) is 2. The second-order valence-corrected chi connectivity index (χ2v) is 6.57. The Labute approximate surface area is 128 Å². The fourth-order valence-electron chi connectivity index (χ4n) is 1.40. The van der Waals surface area contributed by atoms with E-state index in [4.69, 9.17) is 9.47 Å². The highest BCUT2D eigenvalue weighted by Crippen LogP contribution is 2.37. The fourth-order valence-corrected chi connectivity index (χ4v) is 3.68. The van der Waals surface area contributed by atoms with Crippen molar-refractivity contribution in [1.82, 2.24) is 9.36 Å². The number of rotatable bonds is 6. The number of benzene rings is 1. The van der Waals surface area contributed by atoms with Gasteiger partial charge in [0.15, 0.2) is 4.34 Å². The molecule has 0 atom stereocenters. The van der Waals surface area contributed by atoms with E-state index in [-0.39, 0.29) is 0 Å². The Morgan fingerprint density at radius 3 is 2.95 bits per heavy atom. The van der Waals surface area contributed by atoms with Crippen LogP contribution in [0.2, 0.25) is 0 Å². The molecule has 0 spiro atoms. The molecule has 0 aliphatic heterocycles. The highest BCUT2D eigenvalue weighted by atomic mass is 79.9. The summed E-state index contributed by atoms with van der Waals surface area (Å²) in [5, 5.41) is 0. The molecular formula is C12H13BrN2O2S2. The lowest BCUT2D eigenvalue weighted by molar-refractivity contribution is 0.200. The molecule has 1 aromatic heterocycles. The summed E-state index contributed by atoms with van der Waals surface area (Å²) in [5.41, 5.74) is 0. The van der Waals surface area contributed by atoms with Crippen LogP contribution >= 0.6 is 39.2 Å². The van der Waals surface area contributed by atoms with E-state index in [9.17, 15) is 0 Å². The predicted molar refractivity (Wildman–Crippen MR) is 80.3 cm³/mol. The van der Waals surface area contributed by atoms with E-state index in [1.54, 1.807) is 26.0 Å². The standard InChI is InChI=1S/C12H13BrN2O2S2/c1-16-6-5-11-14-12(19-15-11)18-10-7-8(13)3-4-9(10)17-2/h3-4,7H,5-6H2,1-2H3. The lowest BCUT2D eigenvalue weighted by atomic mass is 10.3. The van der Waals surface area contributed by atoms with Gasteiger partial charge in [0.05, 0.1) is 18.6 Å². The van der Waals surface area contributed by atoms with Crippen LogP contribution in [0.15, 0.2) is 31.9 Å². The molecule has 7 heteroatoms. The van der Waals surface area contributed by atoms with Gasteiger partial charge in [0.1, 0.15) is 11.6 Å². The zero-order valence-corrected chi connectivity index (χ0v) is 13.8. The first-order valence-corrected chi connectivity index (χ1v) is 7.94. The largest absolute Gasteiger partial charge is 0.496 e. The fraction of sp³-hybridized carbons (Fsp3) is 0.333. The van der Waals surface area contributed by atoms with Crippen molar-refractivity contribution in [3.8, 4) is 5.75 Å². The number of nitrogens with zero attached hydrogens (tertiary/aromatic N) is 2. The van der Waals surface area contributed by atoms with Crippen molar-refractivity contribution in [2.24, 2.45) is 0 Å². The Hall–Kier alpha value is -0.630. The number of halogens is 1. The molecule has 4 nitrogen and oxygen atoms in total. The molecule has 0 aliphatic rings. The van der Waals surface area contributed by atoms with E-state index >= 15 is 0 Å². The van der Waals surface area contributed by atoms with E-state index < -0.39 is 0 Å². The molecule has 1 heterocycles. The number of hydrogen-bond donors (Lipinski definition) is 0. The topological polar surface area (TPSA) is 44.2 Å². The van der Waals surface area contributed by atoms with Gasteiger partial charge in [-0.05, 0) is 29.7 Å². The predicted octanol–water partition coefficient (Wildman–Crippen LogP) is 3.65. The van der Waals surface area contributed by atoms with E-state index in [1.807, 2.05) is 18.2 Å². The van der Waals surface area contributed by atoms with Crippen LogP contribution in [-0.4, -0.2) is 30.2 Å². The molecule has 0 radical (unpaired) electrons.